The zero-order valence-corrected chi connectivity index (χ0v) is 13.3. The highest BCUT2D eigenvalue weighted by molar-refractivity contribution is 6.02. The van der Waals surface area contributed by atoms with Crippen LogP contribution in [-0.2, 0) is 14.3 Å². The molecule has 1 fully saturated rings. The Kier molecular flexibility index (Phi) is 4.56. The van der Waals surface area contributed by atoms with Gasteiger partial charge in [-0.3, -0.25) is 14.4 Å². The molecule has 1 aliphatic heterocycles. The van der Waals surface area contributed by atoms with Crippen molar-refractivity contribution in [2.24, 2.45) is 11.8 Å². The Morgan fingerprint density at radius 3 is 2.12 bits per heavy atom. The maximum Gasteiger partial charge on any atom is 0.317 e. The summed E-state index contributed by atoms with van der Waals surface area (Å²) in [6.45, 7) is 1.37. The Labute approximate surface area is 140 Å². The zero-order valence-electron chi connectivity index (χ0n) is 13.3. The summed E-state index contributed by atoms with van der Waals surface area (Å²) < 4.78 is 5.46. The van der Waals surface area contributed by atoms with Crippen molar-refractivity contribution in [2.45, 2.75) is 19.4 Å². The number of ether oxygens (including phenoxy) is 1. The van der Waals surface area contributed by atoms with Gasteiger partial charge in [-0.05, 0) is 12.5 Å². The van der Waals surface area contributed by atoms with Crippen LogP contribution in [0, 0.1) is 11.8 Å². The van der Waals surface area contributed by atoms with E-state index in [4.69, 9.17) is 4.74 Å². The lowest BCUT2D eigenvalue weighted by Gasteiger charge is -2.19. The van der Waals surface area contributed by atoms with Gasteiger partial charge in [0.2, 0.25) is 0 Å². The Balaban J connectivity index is 1.91. The quantitative estimate of drug-likeness (QED) is 0.481. The monoisotopic (exact) mass is 322 g/mol. The van der Waals surface area contributed by atoms with Gasteiger partial charge in [-0.2, -0.15) is 0 Å². The van der Waals surface area contributed by atoms with Gasteiger partial charge < -0.3 is 4.74 Å². The molecule has 4 nitrogen and oxygen atoms in total. The van der Waals surface area contributed by atoms with Crippen LogP contribution in [0.2, 0.25) is 0 Å². The van der Waals surface area contributed by atoms with E-state index >= 15 is 0 Å². The van der Waals surface area contributed by atoms with E-state index < -0.39 is 23.9 Å². The molecule has 2 aromatic rings. The van der Waals surface area contributed by atoms with E-state index in [0.29, 0.717) is 5.56 Å². The summed E-state index contributed by atoms with van der Waals surface area (Å²) in [7, 11) is 0. The third-order valence-corrected chi connectivity index (χ3v) is 4.40. The molecular formula is C20H18O4. The molecular weight excluding hydrogens is 304 g/mol. The van der Waals surface area contributed by atoms with Crippen molar-refractivity contribution in [3.63, 3.8) is 0 Å². The smallest absolute Gasteiger partial charge is 0.317 e. The lowest BCUT2D eigenvalue weighted by Crippen LogP contribution is -2.26. The van der Waals surface area contributed by atoms with Gasteiger partial charge in [0.1, 0.15) is 17.8 Å². The molecule has 0 amide bonds. The van der Waals surface area contributed by atoms with Gasteiger partial charge in [-0.15, -0.1) is 0 Å². The largest absolute Gasteiger partial charge is 0.457 e. The van der Waals surface area contributed by atoms with Gasteiger partial charge in [-0.25, -0.2) is 0 Å². The number of esters is 1. The summed E-state index contributed by atoms with van der Waals surface area (Å²) in [4.78, 5) is 36.7. The molecule has 3 rings (SSSR count). The second-order valence-electron chi connectivity index (χ2n) is 6.01. The maximum atomic E-state index is 12.6. The van der Waals surface area contributed by atoms with Gasteiger partial charge in [0.05, 0.1) is 0 Å². The van der Waals surface area contributed by atoms with Crippen molar-refractivity contribution < 1.29 is 19.1 Å². The first kappa shape index (κ1) is 16.1. The number of ketones is 2. The van der Waals surface area contributed by atoms with E-state index in [0.717, 1.165) is 5.56 Å². The third-order valence-electron chi connectivity index (χ3n) is 4.40. The Bertz CT molecular complexity index is 752. The number of carbonyl (C=O) groups excluding carboxylic acids is 3. The first-order valence-corrected chi connectivity index (χ1v) is 7.92. The standard InChI is InChI=1S/C20H18O4/c1-13(21)18-16(12-17(22)14-8-4-2-5-9-14)19(24-20(18)23)15-10-6-3-7-11-15/h2-11,16,18-19H,12H2,1H3/t16-,18-,19-/m1/s1. The van der Waals surface area contributed by atoms with Crippen LogP contribution in [0.5, 0.6) is 0 Å². The molecule has 0 radical (unpaired) electrons. The number of rotatable bonds is 5. The fraction of sp³-hybridized carbons (Fsp3) is 0.250. The minimum Gasteiger partial charge on any atom is -0.457 e. The van der Waals surface area contributed by atoms with E-state index in [1.54, 1.807) is 24.3 Å². The number of hydrogen-bond donors (Lipinski definition) is 0. The molecule has 0 spiro atoms. The van der Waals surface area contributed by atoms with Crippen molar-refractivity contribution in [1.82, 2.24) is 0 Å². The highest BCUT2D eigenvalue weighted by Crippen LogP contribution is 2.42. The highest BCUT2D eigenvalue weighted by Gasteiger charge is 2.48. The predicted octanol–water partition coefficient (Wildman–Crippen LogP) is 3.38. The number of Topliss-reactive ketones (excluding diaryl/α,β-unsaturated/α-hetero) is 2. The van der Waals surface area contributed by atoms with Crippen LogP contribution in [0.15, 0.2) is 60.7 Å². The molecule has 0 aliphatic carbocycles. The molecule has 1 heterocycles. The molecule has 4 heteroatoms. The van der Waals surface area contributed by atoms with Crippen LogP contribution < -0.4 is 0 Å². The zero-order chi connectivity index (χ0) is 17.1. The fourth-order valence-electron chi connectivity index (χ4n) is 3.24. The highest BCUT2D eigenvalue weighted by atomic mass is 16.6. The van der Waals surface area contributed by atoms with Gasteiger partial charge in [0.15, 0.2) is 5.78 Å². The van der Waals surface area contributed by atoms with Crippen LogP contribution >= 0.6 is 0 Å². The molecule has 122 valence electrons. The summed E-state index contributed by atoms with van der Waals surface area (Å²) in [5.74, 6) is -2.26. The molecule has 2 aromatic carbocycles. The van der Waals surface area contributed by atoms with E-state index in [2.05, 4.69) is 0 Å². The molecule has 0 unspecified atom stereocenters. The molecule has 0 bridgehead atoms. The Morgan fingerprint density at radius 1 is 0.958 bits per heavy atom. The normalized spacial score (nSPS) is 22.9. The van der Waals surface area contributed by atoms with E-state index in [-0.39, 0.29) is 18.0 Å². The van der Waals surface area contributed by atoms with Crippen LogP contribution in [0.4, 0.5) is 0 Å². The summed E-state index contributed by atoms with van der Waals surface area (Å²) in [5.41, 5.74) is 1.38. The molecule has 1 aliphatic rings. The lowest BCUT2D eigenvalue weighted by atomic mass is 9.81. The SMILES string of the molecule is CC(=O)[C@H]1C(=O)O[C@H](c2ccccc2)[C@@H]1CC(=O)c1ccccc1. The number of benzene rings is 2. The topological polar surface area (TPSA) is 60.4 Å². The number of hydrogen-bond acceptors (Lipinski definition) is 4. The third kappa shape index (κ3) is 3.13. The molecule has 0 saturated carbocycles. The summed E-state index contributed by atoms with van der Waals surface area (Å²) >= 11 is 0. The minimum atomic E-state index is -0.886. The number of cyclic esters (lactones) is 1. The van der Waals surface area contributed by atoms with Crippen LogP contribution in [0.25, 0.3) is 0 Å². The van der Waals surface area contributed by atoms with Gasteiger partial charge in [-0.1, -0.05) is 60.7 Å². The van der Waals surface area contributed by atoms with Crippen molar-refractivity contribution in [2.75, 3.05) is 0 Å². The van der Waals surface area contributed by atoms with E-state index in [1.807, 2.05) is 36.4 Å². The van der Waals surface area contributed by atoms with Gasteiger partial charge in [0, 0.05) is 17.9 Å². The second kappa shape index (κ2) is 6.79. The molecule has 0 N–H and O–H groups in total. The molecule has 24 heavy (non-hydrogen) atoms. The van der Waals surface area contributed by atoms with Crippen LogP contribution in [0.1, 0.15) is 35.4 Å². The van der Waals surface area contributed by atoms with Crippen molar-refractivity contribution >= 4 is 17.5 Å². The maximum absolute atomic E-state index is 12.6. The average molecular weight is 322 g/mol. The van der Waals surface area contributed by atoms with Crippen molar-refractivity contribution in [3.8, 4) is 0 Å². The summed E-state index contributed by atoms with van der Waals surface area (Å²) in [5, 5.41) is 0. The van der Waals surface area contributed by atoms with Gasteiger partial charge >= 0.3 is 5.97 Å². The fourth-order valence-corrected chi connectivity index (χ4v) is 3.24. The Morgan fingerprint density at radius 2 is 1.54 bits per heavy atom. The summed E-state index contributed by atoms with van der Waals surface area (Å²) in [6.07, 6.45) is -0.472. The molecule has 0 aromatic heterocycles. The van der Waals surface area contributed by atoms with Crippen LogP contribution in [0.3, 0.4) is 0 Å². The minimum absolute atomic E-state index is 0.0916. The lowest BCUT2D eigenvalue weighted by molar-refractivity contribution is -0.146. The average Bonchev–Trinajstić information content (AvgIpc) is 2.92. The molecule has 1 saturated heterocycles. The van der Waals surface area contributed by atoms with Gasteiger partial charge in [0.25, 0.3) is 0 Å². The number of carbonyl (C=O) groups is 3. The van der Waals surface area contributed by atoms with Crippen molar-refractivity contribution in [3.05, 3.63) is 71.8 Å². The van der Waals surface area contributed by atoms with Crippen LogP contribution in [-0.4, -0.2) is 17.5 Å². The van der Waals surface area contributed by atoms with E-state index in [9.17, 15) is 14.4 Å². The predicted molar refractivity (Wildman–Crippen MR) is 88.3 cm³/mol. The molecule has 3 atom stereocenters. The second-order valence-corrected chi connectivity index (χ2v) is 6.01. The summed E-state index contributed by atoms with van der Waals surface area (Å²) in [6, 6.07) is 18.2. The van der Waals surface area contributed by atoms with Crippen molar-refractivity contribution in [1.29, 1.82) is 0 Å². The Hall–Kier alpha value is -2.75. The first-order valence-electron chi connectivity index (χ1n) is 7.92. The first-order chi connectivity index (χ1) is 11.6. The van der Waals surface area contributed by atoms with E-state index in [1.165, 1.54) is 6.92 Å².